The quantitative estimate of drug-likeness (QED) is 0.521. The number of hydrogen-bond acceptors (Lipinski definition) is 3. The molecule has 1 saturated heterocycles. The largest absolute Gasteiger partial charge is 0.456 e. The van der Waals surface area contributed by atoms with Crippen molar-refractivity contribution in [3.05, 3.63) is 28.2 Å². The van der Waals surface area contributed by atoms with Crippen molar-refractivity contribution in [3.63, 3.8) is 0 Å². The predicted octanol–water partition coefficient (Wildman–Crippen LogP) is 3.09. The Morgan fingerprint density at radius 2 is 2.05 bits per heavy atom. The molecule has 3 nitrogen and oxygen atoms in total. The number of ether oxygens (including phenoxy) is 1. The van der Waals surface area contributed by atoms with Gasteiger partial charge in [-0.15, -0.1) is 0 Å². The third-order valence-electron chi connectivity index (χ3n) is 2.59. The van der Waals surface area contributed by atoms with E-state index in [1.165, 1.54) is 0 Å². The SMILES string of the molecule is O=C1OC(CNc2cc(F)c(Br)cc2F)CC1(F)F. The van der Waals surface area contributed by atoms with E-state index in [1.807, 2.05) is 0 Å². The Kier molecular flexibility index (Phi) is 3.71. The van der Waals surface area contributed by atoms with Crippen LogP contribution in [0, 0.1) is 11.6 Å². The van der Waals surface area contributed by atoms with Crippen molar-refractivity contribution in [1.82, 2.24) is 0 Å². The van der Waals surface area contributed by atoms with Gasteiger partial charge in [0.25, 0.3) is 0 Å². The maximum atomic E-state index is 13.4. The van der Waals surface area contributed by atoms with Gasteiger partial charge in [-0.25, -0.2) is 13.6 Å². The van der Waals surface area contributed by atoms with E-state index in [0.29, 0.717) is 0 Å². The lowest BCUT2D eigenvalue weighted by Gasteiger charge is -2.12. The molecule has 0 bridgehead atoms. The molecule has 1 heterocycles. The van der Waals surface area contributed by atoms with Crippen LogP contribution in [-0.4, -0.2) is 24.5 Å². The van der Waals surface area contributed by atoms with E-state index in [9.17, 15) is 22.4 Å². The third-order valence-corrected chi connectivity index (χ3v) is 3.19. The average molecular weight is 342 g/mol. The monoisotopic (exact) mass is 341 g/mol. The first kappa shape index (κ1) is 14.1. The lowest BCUT2D eigenvalue weighted by Crippen LogP contribution is -2.22. The lowest BCUT2D eigenvalue weighted by atomic mass is 10.2. The molecule has 0 radical (unpaired) electrons. The average Bonchev–Trinajstić information content (AvgIpc) is 2.56. The van der Waals surface area contributed by atoms with Gasteiger partial charge in [0.05, 0.1) is 23.1 Å². The Bertz CT molecular complexity index is 524. The normalized spacial score (nSPS) is 21.3. The Morgan fingerprint density at radius 1 is 1.37 bits per heavy atom. The van der Waals surface area contributed by atoms with E-state index < -0.39 is 36.1 Å². The topological polar surface area (TPSA) is 38.3 Å². The number of halogens is 5. The molecule has 1 aromatic carbocycles. The second-order valence-electron chi connectivity index (χ2n) is 4.06. The van der Waals surface area contributed by atoms with Gasteiger partial charge in [-0.3, -0.25) is 0 Å². The number of hydrogen-bond donors (Lipinski definition) is 1. The van der Waals surface area contributed by atoms with Gasteiger partial charge in [0.15, 0.2) is 0 Å². The molecule has 8 heteroatoms. The summed E-state index contributed by atoms with van der Waals surface area (Å²) in [5.74, 6) is -6.56. The standard InChI is InChI=1S/C11H8BrF4NO2/c12-6-1-8(14)9(2-7(6)13)17-4-5-3-11(15,16)10(18)19-5/h1-2,5,17H,3-4H2. The first-order valence-corrected chi connectivity index (χ1v) is 6.06. The van der Waals surface area contributed by atoms with Crippen molar-refractivity contribution >= 4 is 27.6 Å². The molecule has 1 N–H and O–H groups in total. The number of rotatable bonds is 3. The minimum absolute atomic E-state index is 0.0469. The Morgan fingerprint density at radius 3 is 2.63 bits per heavy atom. The molecule has 1 atom stereocenters. The molecule has 1 aromatic rings. The van der Waals surface area contributed by atoms with Crippen molar-refractivity contribution in [3.8, 4) is 0 Å². The van der Waals surface area contributed by atoms with Crippen LogP contribution >= 0.6 is 15.9 Å². The molecule has 0 saturated carbocycles. The van der Waals surface area contributed by atoms with Crippen LogP contribution in [0.3, 0.4) is 0 Å². The highest BCUT2D eigenvalue weighted by Gasteiger charge is 2.50. The minimum atomic E-state index is -3.52. The van der Waals surface area contributed by atoms with Crippen LogP contribution < -0.4 is 5.32 Å². The predicted molar refractivity (Wildman–Crippen MR) is 62.0 cm³/mol. The summed E-state index contributed by atoms with van der Waals surface area (Å²) in [6.45, 7) is -0.223. The molecular formula is C11H8BrF4NO2. The fourth-order valence-corrected chi connectivity index (χ4v) is 1.96. The van der Waals surface area contributed by atoms with Crippen LogP contribution in [0.25, 0.3) is 0 Å². The van der Waals surface area contributed by atoms with E-state index in [2.05, 4.69) is 26.0 Å². The molecule has 1 fully saturated rings. The van der Waals surface area contributed by atoms with E-state index >= 15 is 0 Å². The molecule has 1 aliphatic heterocycles. The molecule has 0 aromatic heterocycles. The van der Waals surface area contributed by atoms with Crippen LogP contribution in [-0.2, 0) is 9.53 Å². The fraction of sp³-hybridized carbons (Fsp3) is 0.364. The molecule has 2 rings (SSSR count). The summed E-state index contributed by atoms with van der Waals surface area (Å²) in [6.07, 6.45) is -1.85. The zero-order valence-corrected chi connectivity index (χ0v) is 10.9. The van der Waals surface area contributed by atoms with Crippen LogP contribution in [0.4, 0.5) is 23.2 Å². The Balaban J connectivity index is 2.01. The highest BCUT2D eigenvalue weighted by molar-refractivity contribution is 9.10. The summed E-state index contributed by atoms with van der Waals surface area (Å²) in [5, 5.41) is 2.43. The maximum absolute atomic E-state index is 13.4. The Hall–Kier alpha value is -1.31. The molecule has 1 aliphatic rings. The number of benzene rings is 1. The molecule has 1 unspecified atom stereocenters. The van der Waals surface area contributed by atoms with Crippen LogP contribution in [0.2, 0.25) is 0 Å². The number of nitrogens with one attached hydrogen (secondary N) is 1. The molecular weight excluding hydrogens is 334 g/mol. The highest BCUT2D eigenvalue weighted by Crippen LogP contribution is 2.31. The van der Waals surface area contributed by atoms with Gasteiger partial charge in [0.1, 0.15) is 17.7 Å². The van der Waals surface area contributed by atoms with Crippen molar-refractivity contribution in [2.24, 2.45) is 0 Å². The molecule has 19 heavy (non-hydrogen) atoms. The van der Waals surface area contributed by atoms with E-state index in [0.717, 1.165) is 12.1 Å². The first-order chi connectivity index (χ1) is 8.79. The molecule has 0 aliphatic carbocycles. The second kappa shape index (κ2) is 4.99. The van der Waals surface area contributed by atoms with Gasteiger partial charge in [-0.05, 0) is 22.0 Å². The summed E-state index contributed by atoms with van der Waals surface area (Å²) in [4.78, 5) is 10.7. The number of carbonyl (C=O) groups is 1. The fourth-order valence-electron chi connectivity index (χ4n) is 1.64. The summed E-state index contributed by atoms with van der Waals surface area (Å²) in [5.41, 5.74) is -0.188. The van der Waals surface area contributed by atoms with Crippen molar-refractivity contribution in [1.29, 1.82) is 0 Å². The van der Waals surface area contributed by atoms with Gasteiger partial charge in [-0.2, -0.15) is 8.78 Å². The lowest BCUT2D eigenvalue weighted by molar-refractivity contribution is -0.158. The van der Waals surface area contributed by atoms with Crippen LogP contribution in [0.15, 0.2) is 16.6 Å². The van der Waals surface area contributed by atoms with Crippen molar-refractivity contribution in [2.45, 2.75) is 18.4 Å². The number of carbonyl (C=O) groups excluding carboxylic acids is 1. The first-order valence-electron chi connectivity index (χ1n) is 5.27. The van der Waals surface area contributed by atoms with Crippen LogP contribution in [0.5, 0.6) is 0 Å². The van der Waals surface area contributed by atoms with Gasteiger partial charge in [0, 0.05) is 6.07 Å². The number of cyclic esters (lactones) is 1. The maximum Gasteiger partial charge on any atom is 0.377 e. The summed E-state index contributed by atoms with van der Waals surface area (Å²) in [6, 6.07) is 1.79. The number of esters is 1. The smallest absolute Gasteiger partial charge is 0.377 e. The molecule has 104 valence electrons. The van der Waals surface area contributed by atoms with Gasteiger partial charge >= 0.3 is 11.9 Å². The highest BCUT2D eigenvalue weighted by atomic mass is 79.9. The summed E-state index contributed by atoms with van der Waals surface area (Å²) >= 11 is 2.81. The van der Waals surface area contributed by atoms with E-state index in [-0.39, 0.29) is 16.7 Å². The molecule has 0 amide bonds. The van der Waals surface area contributed by atoms with Gasteiger partial charge < -0.3 is 10.1 Å². The minimum Gasteiger partial charge on any atom is -0.456 e. The van der Waals surface area contributed by atoms with Crippen LogP contribution in [0.1, 0.15) is 6.42 Å². The van der Waals surface area contributed by atoms with Crippen molar-refractivity contribution in [2.75, 3.05) is 11.9 Å². The summed E-state index contributed by atoms with van der Waals surface area (Å²) < 4.78 is 56.7. The van der Waals surface area contributed by atoms with Gasteiger partial charge in [-0.1, -0.05) is 0 Å². The Labute approximate surface area is 114 Å². The number of anilines is 1. The summed E-state index contributed by atoms with van der Waals surface area (Å²) in [7, 11) is 0. The third kappa shape index (κ3) is 2.99. The number of alkyl halides is 2. The van der Waals surface area contributed by atoms with Gasteiger partial charge in [0.2, 0.25) is 0 Å². The molecule has 0 spiro atoms. The second-order valence-corrected chi connectivity index (χ2v) is 4.92. The zero-order valence-electron chi connectivity index (χ0n) is 9.35. The van der Waals surface area contributed by atoms with E-state index in [4.69, 9.17) is 0 Å². The zero-order chi connectivity index (χ0) is 14.2. The van der Waals surface area contributed by atoms with E-state index in [1.54, 1.807) is 0 Å². The van der Waals surface area contributed by atoms with Crippen molar-refractivity contribution < 1.29 is 27.1 Å².